The van der Waals surface area contributed by atoms with Gasteiger partial charge in [0.05, 0.1) is 12.1 Å². The molecule has 0 aliphatic heterocycles. The molecule has 1 aromatic carbocycles. The second kappa shape index (κ2) is 6.40. The van der Waals surface area contributed by atoms with Crippen molar-refractivity contribution in [1.29, 1.82) is 0 Å². The number of hydrogen-bond donors (Lipinski definition) is 2. The first-order valence-corrected chi connectivity index (χ1v) is 8.93. The lowest BCUT2D eigenvalue weighted by molar-refractivity contribution is 0.164. The minimum Gasteiger partial charge on any atom is -0.544 e. The zero-order valence-electron chi connectivity index (χ0n) is 10.8. The van der Waals surface area contributed by atoms with Crippen molar-refractivity contribution in [3.05, 3.63) is 29.8 Å². The Morgan fingerprint density at radius 1 is 1.18 bits per heavy atom. The molecule has 1 aromatic rings. The lowest BCUT2D eigenvalue weighted by Crippen LogP contribution is -2.29. The number of aliphatic hydroxyl groups is 1. The fraction of sp³-hybridized carbons (Fsp3) is 0.500. The molecule has 0 bridgehead atoms. The summed E-state index contributed by atoms with van der Waals surface area (Å²) in [6.07, 6.45) is -0.538. The van der Waals surface area contributed by atoms with Crippen LogP contribution < -0.4 is 10.2 Å². The van der Waals surface area contributed by atoms with E-state index >= 15 is 0 Å². The van der Waals surface area contributed by atoms with E-state index < -0.39 is 14.4 Å². The van der Waals surface area contributed by atoms with Crippen LogP contribution in [0.3, 0.4) is 0 Å². The van der Waals surface area contributed by atoms with E-state index in [2.05, 4.69) is 19.6 Å². The van der Waals surface area contributed by atoms with Crippen LogP contribution in [0.4, 0.5) is 0 Å². The van der Waals surface area contributed by atoms with Gasteiger partial charge in [0.15, 0.2) is 0 Å². The lowest BCUT2D eigenvalue weighted by atomic mass is 10.0. The van der Waals surface area contributed by atoms with Gasteiger partial charge >= 0.3 is 0 Å². The van der Waals surface area contributed by atoms with Crippen molar-refractivity contribution in [2.75, 3.05) is 0 Å². The minimum atomic E-state index is -1.55. The summed E-state index contributed by atoms with van der Waals surface area (Å²) in [7, 11) is -1.55. The summed E-state index contributed by atoms with van der Waals surface area (Å²) in [5, 5.41) is 9.38. The topological polar surface area (TPSA) is 55.5 Å². The Morgan fingerprint density at radius 2 is 1.65 bits per heavy atom. The van der Waals surface area contributed by atoms with E-state index in [1.807, 2.05) is 24.3 Å². The van der Waals surface area contributed by atoms with Crippen LogP contribution in [0.2, 0.25) is 19.6 Å². The van der Waals surface area contributed by atoms with Crippen molar-refractivity contribution in [1.82, 2.24) is 0 Å². The number of aliphatic hydroxyl groups excluding tert-OH is 1. The second-order valence-electron chi connectivity index (χ2n) is 5.05. The molecule has 0 spiro atoms. The average molecular weight is 276 g/mol. The molecule has 5 heteroatoms. The van der Waals surface area contributed by atoms with Crippen LogP contribution in [-0.4, -0.2) is 19.5 Å². The monoisotopic (exact) mass is 275 g/mol. The molecular formula is C12H22ClNO2Si. The van der Waals surface area contributed by atoms with Gasteiger partial charge in [-0.15, -0.1) is 12.4 Å². The first kappa shape index (κ1) is 16.4. The van der Waals surface area contributed by atoms with Crippen LogP contribution in [-0.2, 0) is 0 Å². The predicted molar refractivity (Wildman–Crippen MR) is 76.3 cm³/mol. The van der Waals surface area contributed by atoms with E-state index in [0.29, 0.717) is 0 Å². The van der Waals surface area contributed by atoms with Crippen LogP contribution in [0.5, 0.6) is 5.75 Å². The SMILES string of the molecule is C[C@H](O)[C@H](N)c1ccc(O[Si](C)(C)C)cc1.Cl. The number of benzene rings is 1. The summed E-state index contributed by atoms with van der Waals surface area (Å²) < 4.78 is 5.83. The zero-order chi connectivity index (χ0) is 12.3. The summed E-state index contributed by atoms with van der Waals surface area (Å²) in [6.45, 7) is 8.12. The fourth-order valence-electron chi connectivity index (χ4n) is 1.39. The summed E-state index contributed by atoms with van der Waals surface area (Å²) >= 11 is 0. The molecular weight excluding hydrogens is 254 g/mol. The Kier molecular flexibility index (Phi) is 6.19. The molecule has 0 radical (unpaired) electrons. The Labute approximate surface area is 111 Å². The highest BCUT2D eigenvalue weighted by Crippen LogP contribution is 2.20. The Bertz CT molecular complexity index is 335. The standard InChI is InChI=1S/C12H21NO2Si.ClH/c1-9(14)12(13)10-5-7-11(8-6-10)15-16(2,3)4;/h5-9,12,14H,13H2,1-4H3;1H/t9-,12-;/m0./s1. The quantitative estimate of drug-likeness (QED) is 0.831. The van der Waals surface area contributed by atoms with E-state index in [1.54, 1.807) is 6.92 Å². The van der Waals surface area contributed by atoms with Gasteiger partial charge in [0.1, 0.15) is 5.75 Å². The molecule has 17 heavy (non-hydrogen) atoms. The van der Waals surface area contributed by atoms with E-state index in [1.165, 1.54) is 0 Å². The van der Waals surface area contributed by atoms with Crippen LogP contribution in [0.15, 0.2) is 24.3 Å². The third-order valence-corrected chi connectivity index (χ3v) is 3.06. The number of hydrogen-bond acceptors (Lipinski definition) is 3. The maximum absolute atomic E-state index is 9.38. The van der Waals surface area contributed by atoms with E-state index in [9.17, 15) is 5.11 Å². The van der Waals surface area contributed by atoms with Crippen molar-refractivity contribution in [3.63, 3.8) is 0 Å². The first-order valence-electron chi connectivity index (χ1n) is 5.52. The molecule has 0 saturated heterocycles. The highest BCUT2D eigenvalue weighted by molar-refractivity contribution is 6.70. The molecule has 0 saturated carbocycles. The van der Waals surface area contributed by atoms with Crippen molar-refractivity contribution in [3.8, 4) is 5.75 Å². The van der Waals surface area contributed by atoms with Crippen molar-refractivity contribution in [2.45, 2.75) is 38.7 Å². The lowest BCUT2D eigenvalue weighted by Gasteiger charge is -2.20. The summed E-state index contributed by atoms with van der Waals surface area (Å²) in [5.41, 5.74) is 6.76. The maximum Gasteiger partial charge on any atom is 0.242 e. The molecule has 0 aliphatic rings. The molecule has 0 aliphatic carbocycles. The van der Waals surface area contributed by atoms with Crippen LogP contribution in [0, 0.1) is 0 Å². The molecule has 0 heterocycles. The van der Waals surface area contributed by atoms with Crippen molar-refractivity contribution in [2.24, 2.45) is 5.73 Å². The van der Waals surface area contributed by atoms with Gasteiger partial charge in [-0.05, 0) is 44.3 Å². The van der Waals surface area contributed by atoms with Gasteiger partial charge in [0.2, 0.25) is 8.32 Å². The van der Waals surface area contributed by atoms with Gasteiger partial charge in [-0.2, -0.15) is 0 Å². The predicted octanol–water partition coefficient (Wildman–Crippen LogP) is 2.70. The molecule has 2 atom stereocenters. The summed E-state index contributed by atoms with van der Waals surface area (Å²) in [4.78, 5) is 0. The van der Waals surface area contributed by atoms with Gasteiger partial charge in [-0.3, -0.25) is 0 Å². The molecule has 1 rings (SSSR count). The average Bonchev–Trinajstić information content (AvgIpc) is 2.15. The third kappa shape index (κ3) is 5.54. The number of rotatable bonds is 4. The number of nitrogens with two attached hydrogens (primary N) is 1. The molecule has 3 N–H and O–H groups in total. The zero-order valence-corrected chi connectivity index (χ0v) is 12.6. The van der Waals surface area contributed by atoms with Crippen molar-refractivity contribution < 1.29 is 9.53 Å². The van der Waals surface area contributed by atoms with Crippen LogP contribution in [0.25, 0.3) is 0 Å². The first-order chi connectivity index (χ1) is 7.29. The van der Waals surface area contributed by atoms with Gasteiger partial charge < -0.3 is 15.3 Å². The molecule has 3 nitrogen and oxygen atoms in total. The molecule has 0 unspecified atom stereocenters. The largest absolute Gasteiger partial charge is 0.544 e. The Balaban J connectivity index is 0.00000256. The van der Waals surface area contributed by atoms with E-state index in [0.717, 1.165) is 11.3 Å². The number of halogens is 1. The van der Waals surface area contributed by atoms with Crippen molar-refractivity contribution >= 4 is 20.7 Å². The smallest absolute Gasteiger partial charge is 0.242 e. The molecule has 98 valence electrons. The summed E-state index contributed by atoms with van der Waals surface area (Å²) in [6, 6.07) is 7.31. The molecule has 0 fully saturated rings. The maximum atomic E-state index is 9.38. The van der Waals surface area contributed by atoms with E-state index in [4.69, 9.17) is 10.2 Å². The fourth-order valence-corrected chi connectivity index (χ4v) is 2.23. The normalized spacial score (nSPS) is 14.7. The van der Waals surface area contributed by atoms with Gasteiger partial charge in [0.25, 0.3) is 0 Å². The Hall–Kier alpha value is -0.553. The third-order valence-electron chi connectivity index (χ3n) is 2.21. The summed E-state index contributed by atoms with van der Waals surface area (Å²) in [5.74, 6) is 0.876. The van der Waals surface area contributed by atoms with Crippen LogP contribution >= 0.6 is 12.4 Å². The van der Waals surface area contributed by atoms with Gasteiger partial charge in [-0.25, -0.2) is 0 Å². The highest BCUT2D eigenvalue weighted by atomic mass is 35.5. The highest BCUT2D eigenvalue weighted by Gasteiger charge is 2.17. The van der Waals surface area contributed by atoms with Crippen LogP contribution in [0.1, 0.15) is 18.5 Å². The van der Waals surface area contributed by atoms with Gasteiger partial charge in [0, 0.05) is 0 Å². The Morgan fingerprint density at radius 3 is 2.00 bits per heavy atom. The molecule has 0 aromatic heterocycles. The van der Waals surface area contributed by atoms with Gasteiger partial charge in [-0.1, -0.05) is 12.1 Å². The second-order valence-corrected chi connectivity index (χ2v) is 9.48. The van der Waals surface area contributed by atoms with E-state index in [-0.39, 0.29) is 18.4 Å². The molecule has 0 amide bonds. The minimum absolute atomic E-state index is 0.